The van der Waals surface area contributed by atoms with E-state index in [4.69, 9.17) is 15.6 Å². The number of nitrogens with one attached hydrogen (secondary N) is 1. The molecule has 3 N–H and O–H groups in total. The normalized spacial score (nSPS) is 15.8. The summed E-state index contributed by atoms with van der Waals surface area (Å²) in [5, 5.41) is 8.55. The van der Waals surface area contributed by atoms with Gasteiger partial charge in [0.2, 0.25) is 17.0 Å². The predicted octanol–water partition coefficient (Wildman–Crippen LogP) is 4.50. The van der Waals surface area contributed by atoms with Crippen molar-refractivity contribution in [2.24, 2.45) is 5.73 Å². The zero-order valence-corrected chi connectivity index (χ0v) is 19.3. The summed E-state index contributed by atoms with van der Waals surface area (Å²) in [5.41, 5.74) is 7.72. The Kier molecular flexibility index (Phi) is 7.23. The van der Waals surface area contributed by atoms with Gasteiger partial charge in [0.05, 0.1) is 12.2 Å². The number of aromatic nitrogens is 3. The number of amides is 1. The number of thioether (sulfide) groups is 1. The molecule has 2 heterocycles. The smallest absolute Gasteiger partial charge is 0.248 e. The van der Waals surface area contributed by atoms with Crippen molar-refractivity contribution in [1.82, 2.24) is 14.8 Å². The molecule has 156 valence electrons. The van der Waals surface area contributed by atoms with E-state index in [1.165, 1.54) is 0 Å². The van der Waals surface area contributed by atoms with Gasteiger partial charge >= 0.3 is 0 Å². The predicted molar refractivity (Wildman–Crippen MR) is 119 cm³/mol. The highest BCUT2D eigenvalue weighted by atomic mass is 79.9. The zero-order valence-electron chi connectivity index (χ0n) is 16.9. The fraction of sp³-hybridized carbons (Fsp3) is 0.450. The number of unbranched alkanes of at least 4 members (excludes halogenated alkanes) is 1. The van der Waals surface area contributed by atoms with Gasteiger partial charge in [-0.1, -0.05) is 48.0 Å². The first-order valence-electron chi connectivity index (χ1n) is 9.75. The van der Waals surface area contributed by atoms with Crippen molar-refractivity contribution in [1.29, 1.82) is 0 Å². The summed E-state index contributed by atoms with van der Waals surface area (Å²) in [6, 6.07) is 5.26. The number of primary amides is 1. The summed E-state index contributed by atoms with van der Waals surface area (Å²) in [5.74, 6) is 1.75. The molecule has 1 atom stereocenters. The number of carbonyl (C=O) groups is 1. The molecule has 1 aromatic heterocycles. The molecule has 1 amide bonds. The molecule has 0 fully saturated rings. The van der Waals surface area contributed by atoms with Gasteiger partial charge in [-0.05, 0) is 38.0 Å². The molecule has 0 bridgehead atoms. The number of halogens is 1. The van der Waals surface area contributed by atoms with Gasteiger partial charge in [0.25, 0.3) is 0 Å². The van der Waals surface area contributed by atoms with Crippen LogP contribution in [0.4, 0.5) is 5.95 Å². The van der Waals surface area contributed by atoms with Gasteiger partial charge in [0.15, 0.2) is 0 Å². The summed E-state index contributed by atoms with van der Waals surface area (Å²) in [7, 11) is 0. The lowest BCUT2D eigenvalue weighted by molar-refractivity contribution is -0.115. The second-order valence-electron chi connectivity index (χ2n) is 6.83. The zero-order chi connectivity index (χ0) is 21.0. The maximum Gasteiger partial charge on any atom is 0.248 e. The third kappa shape index (κ3) is 4.78. The van der Waals surface area contributed by atoms with Crippen LogP contribution in [0.25, 0.3) is 0 Å². The Morgan fingerprint density at radius 2 is 2.17 bits per heavy atom. The molecule has 0 spiro atoms. The average molecular weight is 480 g/mol. The standard InChI is InChI=1S/C20H26BrN5O2S/c1-4-6-10-29-20-24-19-23-12(3)16(18(22)27)17(26(19)25-20)14-11-13(21)7-8-15(14)28-9-5-2/h7-8,11,17H,4-6,9-10H2,1-3H3,(H2,22,27)(H,23,24,25). The summed E-state index contributed by atoms with van der Waals surface area (Å²) in [6.07, 6.45) is 3.09. The molecular formula is C20H26BrN5O2S. The lowest BCUT2D eigenvalue weighted by atomic mass is 9.94. The first-order chi connectivity index (χ1) is 14.0. The van der Waals surface area contributed by atoms with E-state index in [2.05, 4.69) is 40.1 Å². The average Bonchev–Trinajstić information content (AvgIpc) is 3.08. The van der Waals surface area contributed by atoms with Crippen molar-refractivity contribution in [3.8, 4) is 5.75 Å². The lowest BCUT2D eigenvalue weighted by Gasteiger charge is -2.29. The number of nitrogens with zero attached hydrogens (tertiary/aromatic N) is 3. The van der Waals surface area contributed by atoms with E-state index >= 15 is 0 Å². The monoisotopic (exact) mass is 479 g/mol. The maximum atomic E-state index is 12.4. The number of rotatable bonds is 9. The minimum Gasteiger partial charge on any atom is -0.493 e. The number of ether oxygens (including phenoxy) is 1. The molecule has 0 saturated carbocycles. The summed E-state index contributed by atoms with van der Waals surface area (Å²) >= 11 is 5.15. The van der Waals surface area contributed by atoms with Gasteiger partial charge in [-0.3, -0.25) is 4.79 Å². The highest BCUT2D eigenvalue weighted by Crippen LogP contribution is 2.40. The molecule has 0 saturated heterocycles. The third-order valence-electron chi connectivity index (χ3n) is 4.56. The fourth-order valence-corrected chi connectivity index (χ4v) is 4.47. The molecular weight excluding hydrogens is 454 g/mol. The number of anilines is 1. The second kappa shape index (κ2) is 9.67. The minimum absolute atomic E-state index is 0.451. The molecule has 1 unspecified atom stereocenters. The molecule has 9 heteroatoms. The molecule has 0 radical (unpaired) electrons. The van der Waals surface area contributed by atoms with E-state index in [1.54, 1.807) is 16.4 Å². The van der Waals surface area contributed by atoms with E-state index in [-0.39, 0.29) is 0 Å². The molecule has 1 aliphatic heterocycles. The van der Waals surface area contributed by atoms with Crippen LogP contribution in [-0.2, 0) is 4.79 Å². The number of nitrogens with two attached hydrogens (primary N) is 1. The summed E-state index contributed by atoms with van der Waals surface area (Å²) in [6.45, 7) is 6.62. The van der Waals surface area contributed by atoms with Crippen LogP contribution in [-0.4, -0.2) is 33.0 Å². The van der Waals surface area contributed by atoms with Gasteiger partial charge in [0, 0.05) is 21.5 Å². The van der Waals surface area contributed by atoms with Crippen LogP contribution < -0.4 is 15.8 Å². The lowest BCUT2D eigenvalue weighted by Crippen LogP contribution is -2.32. The highest BCUT2D eigenvalue weighted by Gasteiger charge is 2.35. The van der Waals surface area contributed by atoms with Crippen LogP contribution in [0.1, 0.15) is 51.6 Å². The minimum atomic E-state index is -0.513. The van der Waals surface area contributed by atoms with Crippen LogP contribution in [0.2, 0.25) is 0 Å². The Hall–Kier alpha value is -2.00. The number of fused-ring (bicyclic) bond motifs is 1. The largest absolute Gasteiger partial charge is 0.493 e. The van der Waals surface area contributed by atoms with Gasteiger partial charge in [-0.15, -0.1) is 5.10 Å². The Balaban J connectivity index is 2.10. The SMILES string of the molecule is CCCCSc1nc2n(n1)C(c1cc(Br)ccc1OCCC)C(C(N)=O)=C(C)N2. The Morgan fingerprint density at radius 1 is 1.38 bits per heavy atom. The molecule has 2 aromatic rings. The molecule has 29 heavy (non-hydrogen) atoms. The topological polar surface area (TPSA) is 95.1 Å². The third-order valence-corrected chi connectivity index (χ3v) is 5.97. The number of allylic oxidation sites excluding steroid dienone is 1. The van der Waals surface area contributed by atoms with Gasteiger partial charge < -0.3 is 15.8 Å². The molecule has 3 rings (SSSR count). The van der Waals surface area contributed by atoms with Crippen LogP contribution in [0.3, 0.4) is 0 Å². The van der Waals surface area contributed by atoms with Crippen molar-refractivity contribution < 1.29 is 9.53 Å². The van der Waals surface area contributed by atoms with Crippen molar-refractivity contribution in [2.75, 3.05) is 17.7 Å². The molecule has 1 aliphatic rings. The van der Waals surface area contributed by atoms with E-state index in [0.717, 1.165) is 35.1 Å². The number of hydrogen-bond donors (Lipinski definition) is 2. The van der Waals surface area contributed by atoms with E-state index in [0.29, 0.717) is 34.7 Å². The number of carbonyl (C=O) groups excluding carboxylic acids is 1. The second-order valence-corrected chi connectivity index (χ2v) is 8.80. The highest BCUT2D eigenvalue weighted by molar-refractivity contribution is 9.10. The molecule has 7 nitrogen and oxygen atoms in total. The number of hydrogen-bond acceptors (Lipinski definition) is 6. The number of benzene rings is 1. The van der Waals surface area contributed by atoms with Crippen molar-refractivity contribution >= 4 is 39.5 Å². The van der Waals surface area contributed by atoms with Crippen LogP contribution in [0, 0.1) is 0 Å². The van der Waals surface area contributed by atoms with Crippen LogP contribution in [0.15, 0.2) is 39.1 Å². The van der Waals surface area contributed by atoms with Gasteiger partial charge in [-0.25, -0.2) is 4.68 Å². The first kappa shape index (κ1) is 21.7. The Morgan fingerprint density at radius 3 is 2.86 bits per heavy atom. The summed E-state index contributed by atoms with van der Waals surface area (Å²) < 4.78 is 8.60. The van der Waals surface area contributed by atoms with Crippen molar-refractivity contribution in [3.05, 3.63) is 39.5 Å². The molecule has 1 aromatic carbocycles. The van der Waals surface area contributed by atoms with E-state index < -0.39 is 11.9 Å². The quantitative estimate of drug-likeness (QED) is 0.406. The van der Waals surface area contributed by atoms with Gasteiger partial charge in [0.1, 0.15) is 11.8 Å². The fourth-order valence-electron chi connectivity index (χ4n) is 3.18. The van der Waals surface area contributed by atoms with Crippen molar-refractivity contribution in [3.63, 3.8) is 0 Å². The van der Waals surface area contributed by atoms with Crippen molar-refractivity contribution in [2.45, 2.75) is 51.2 Å². The Bertz CT molecular complexity index is 928. The van der Waals surface area contributed by atoms with Crippen LogP contribution in [0.5, 0.6) is 5.75 Å². The maximum absolute atomic E-state index is 12.4. The summed E-state index contributed by atoms with van der Waals surface area (Å²) in [4.78, 5) is 17.0. The van der Waals surface area contributed by atoms with Crippen LogP contribution >= 0.6 is 27.7 Å². The van der Waals surface area contributed by atoms with E-state index in [1.807, 2.05) is 25.1 Å². The Labute approximate surface area is 183 Å². The van der Waals surface area contributed by atoms with E-state index in [9.17, 15) is 4.79 Å². The van der Waals surface area contributed by atoms with Gasteiger partial charge in [-0.2, -0.15) is 4.98 Å². The molecule has 0 aliphatic carbocycles. The first-order valence-corrected chi connectivity index (χ1v) is 11.5.